The predicted molar refractivity (Wildman–Crippen MR) is 60.0 cm³/mol. The molecular formula is C11H9N3O2. The normalized spacial score (nSPS) is 16.0. The number of nitrogens with one attached hydrogen (secondary N) is 1. The van der Waals surface area contributed by atoms with Gasteiger partial charge in [-0.25, -0.2) is 10.2 Å². The number of nitrogens with zero attached hydrogens (tertiary/aromatic N) is 1. The highest BCUT2D eigenvalue weighted by Gasteiger charge is 2.18. The van der Waals surface area contributed by atoms with Gasteiger partial charge in [-0.1, -0.05) is 30.3 Å². The van der Waals surface area contributed by atoms with Crippen LogP contribution < -0.4 is 11.2 Å². The number of hydrazone groups is 1. The number of primary amides is 1. The molecule has 1 aromatic rings. The number of carbonyl (C=O) groups is 2. The first-order chi connectivity index (χ1) is 7.68. The zero-order valence-corrected chi connectivity index (χ0v) is 8.31. The van der Waals surface area contributed by atoms with Gasteiger partial charge in [0.05, 0.1) is 0 Å². The van der Waals surface area contributed by atoms with Gasteiger partial charge in [0.25, 0.3) is 0 Å². The average molecular weight is 215 g/mol. The van der Waals surface area contributed by atoms with E-state index < -0.39 is 6.03 Å². The summed E-state index contributed by atoms with van der Waals surface area (Å²) in [6.45, 7) is 0. The molecule has 80 valence electrons. The number of ketones is 1. The van der Waals surface area contributed by atoms with E-state index in [1.165, 1.54) is 0 Å². The van der Waals surface area contributed by atoms with E-state index in [1.54, 1.807) is 24.3 Å². The second-order valence-electron chi connectivity index (χ2n) is 3.22. The van der Waals surface area contributed by atoms with E-state index >= 15 is 0 Å². The maximum Gasteiger partial charge on any atom is 0.332 e. The Bertz CT molecular complexity index is 518. The van der Waals surface area contributed by atoms with Gasteiger partial charge in [-0.15, -0.1) is 0 Å². The molecule has 0 aliphatic heterocycles. The van der Waals surface area contributed by atoms with Crippen LogP contribution in [0, 0.1) is 0 Å². The van der Waals surface area contributed by atoms with Gasteiger partial charge >= 0.3 is 6.03 Å². The number of amides is 2. The van der Waals surface area contributed by atoms with E-state index in [2.05, 4.69) is 5.10 Å². The molecule has 1 aromatic carbocycles. The lowest BCUT2D eigenvalue weighted by Crippen LogP contribution is -2.28. The van der Waals surface area contributed by atoms with Crippen molar-refractivity contribution < 1.29 is 9.59 Å². The number of rotatable bonds is 1. The quantitative estimate of drug-likeness (QED) is 0.682. The van der Waals surface area contributed by atoms with Crippen LogP contribution in [0.5, 0.6) is 0 Å². The number of Topliss-reactive ketones (excluding diaryl/α,β-unsaturated/α-hetero) is 1. The topological polar surface area (TPSA) is 84.6 Å². The lowest BCUT2D eigenvalue weighted by molar-refractivity contribution is 0.106. The molecule has 0 saturated heterocycles. The molecule has 2 rings (SSSR count). The Kier molecular flexibility index (Phi) is 2.51. The van der Waals surface area contributed by atoms with Crippen molar-refractivity contribution in [1.82, 2.24) is 5.43 Å². The molecule has 16 heavy (non-hydrogen) atoms. The highest BCUT2D eigenvalue weighted by molar-refractivity contribution is 6.52. The van der Waals surface area contributed by atoms with Crippen LogP contribution in [-0.4, -0.2) is 17.5 Å². The highest BCUT2D eigenvalue weighted by Crippen LogP contribution is 2.17. The molecule has 0 saturated carbocycles. The summed E-state index contributed by atoms with van der Waals surface area (Å²) in [7, 11) is 0. The van der Waals surface area contributed by atoms with Crippen LogP contribution in [-0.2, 0) is 0 Å². The molecule has 1 aliphatic rings. The molecule has 0 bridgehead atoms. The second-order valence-corrected chi connectivity index (χ2v) is 3.22. The maximum atomic E-state index is 11.9. The number of urea groups is 1. The van der Waals surface area contributed by atoms with Gasteiger partial charge in [0.1, 0.15) is 5.71 Å². The van der Waals surface area contributed by atoms with Gasteiger partial charge in [-0.3, -0.25) is 4.79 Å². The van der Waals surface area contributed by atoms with E-state index in [0.717, 1.165) is 5.56 Å². The van der Waals surface area contributed by atoms with Crippen LogP contribution in [0.2, 0.25) is 0 Å². The summed E-state index contributed by atoms with van der Waals surface area (Å²) in [4.78, 5) is 22.3. The third kappa shape index (κ3) is 1.83. The minimum atomic E-state index is -0.799. The summed E-state index contributed by atoms with van der Waals surface area (Å²) in [6, 6.07) is 6.37. The Morgan fingerprint density at radius 2 is 2.00 bits per heavy atom. The number of carbonyl (C=O) groups excluding carboxylic acids is 2. The van der Waals surface area contributed by atoms with E-state index in [4.69, 9.17) is 5.73 Å². The Labute approximate surface area is 91.6 Å². The first kappa shape index (κ1) is 10.1. The van der Waals surface area contributed by atoms with E-state index in [1.807, 2.05) is 17.6 Å². The molecule has 5 heteroatoms. The lowest BCUT2D eigenvalue weighted by atomic mass is 9.95. The summed E-state index contributed by atoms with van der Waals surface area (Å²) in [5.74, 6) is -0.230. The maximum absolute atomic E-state index is 11.9. The van der Waals surface area contributed by atoms with Crippen LogP contribution in [0.4, 0.5) is 4.79 Å². The molecule has 0 heterocycles. The third-order valence-electron chi connectivity index (χ3n) is 2.15. The zero-order valence-electron chi connectivity index (χ0n) is 8.31. The molecule has 0 unspecified atom stereocenters. The number of benzene rings is 1. The monoisotopic (exact) mass is 215 g/mol. The van der Waals surface area contributed by atoms with Crippen molar-refractivity contribution in [3.63, 3.8) is 0 Å². The summed E-state index contributed by atoms with van der Waals surface area (Å²) in [5, 5.41) is 3.62. The number of hydrogen-bond donors (Lipinski definition) is 2. The first-order valence-electron chi connectivity index (χ1n) is 4.63. The van der Waals surface area contributed by atoms with Gasteiger partial charge in [0.15, 0.2) is 0 Å². The fourth-order valence-corrected chi connectivity index (χ4v) is 1.43. The highest BCUT2D eigenvalue weighted by atomic mass is 16.2. The lowest BCUT2D eigenvalue weighted by Gasteiger charge is -2.09. The standard InChI is InChI=1S/C11H9N3O2/c12-11(16)14-13-9-6-5-7-3-1-2-4-8(7)10(9)15/h1-6H,(H3,12,14,16)/b13-9+. The van der Waals surface area contributed by atoms with Crippen molar-refractivity contribution in [2.75, 3.05) is 0 Å². The van der Waals surface area contributed by atoms with Crippen molar-refractivity contribution in [1.29, 1.82) is 0 Å². The van der Waals surface area contributed by atoms with Gasteiger partial charge in [-0.05, 0) is 11.6 Å². The predicted octanol–water partition coefficient (Wildman–Crippen LogP) is 0.920. The second kappa shape index (κ2) is 3.98. The zero-order chi connectivity index (χ0) is 11.5. The Balaban J connectivity index is 2.35. The Morgan fingerprint density at radius 1 is 1.25 bits per heavy atom. The number of allylic oxidation sites excluding steroid dienone is 1. The number of fused-ring (bicyclic) bond motifs is 1. The van der Waals surface area contributed by atoms with Crippen LogP contribution in [0.25, 0.3) is 6.08 Å². The van der Waals surface area contributed by atoms with Crippen molar-refractivity contribution in [2.24, 2.45) is 10.8 Å². The molecule has 0 spiro atoms. The van der Waals surface area contributed by atoms with Gasteiger partial charge in [0.2, 0.25) is 5.78 Å². The summed E-state index contributed by atoms with van der Waals surface area (Å²) in [5.41, 5.74) is 8.46. The summed E-state index contributed by atoms with van der Waals surface area (Å²) < 4.78 is 0. The molecule has 1 aliphatic carbocycles. The largest absolute Gasteiger partial charge is 0.350 e. The molecule has 0 atom stereocenters. The van der Waals surface area contributed by atoms with Crippen LogP contribution in [0.3, 0.4) is 0 Å². The molecule has 0 radical (unpaired) electrons. The molecule has 2 amide bonds. The van der Waals surface area contributed by atoms with Crippen LogP contribution in [0.15, 0.2) is 35.4 Å². The van der Waals surface area contributed by atoms with Gasteiger partial charge in [-0.2, -0.15) is 5.10 Å². The molecule has 0 aromatic heterocycles. The number of nitrogens with two attached hydrogens (primary N) is 1. The van der Waals surface area contributed by atoms with Crippen LogP contribution in [0.1, 0.15) is 15.9 Å². The Hall–Kier alpha value is -2.43. The minimum absolute atomic E-state index is 0.164. The number of hydrogen-bond acceptors (Lipinski definition) is 3. The van der Waals surface area contributed by atoms with Crippen molar-refractivity contribution in [3.05, 3.63) is 41.5 Å². The minimum Gasteiger partial charge on any atom is -0.350 e. The SMILES string of the molecule is NC(=O)N/N=C1\C=Cc2ccccc2C1=O. The van der Waals surface area contributed by atoms with Gasteiger partial charge in [0, 0.05) is 5.56 Å². The van der Waals surface area contributed by atoms with E-state index in [0.29, 0.717) is 5.56 Å². The Morgan fingerprint density at radius 3 is 2.75 bits per heavy atom. The van der Waals surface area contributed by atoms with Crippen LogP contribution >= 0.6 is 0 Å². The van der Waals surface area contributed by atoms with Gasteiger partial charge < -0.3 is 5.73 Å². The summed E-state index contributed by atoms with van der Waals surface area (Å²) in [6.07, 6.45) is 3.30. The molecule has 0 fully saturated rings. The van der Waals surface area contributed by atoms with Crippen molar-refractivity contribution in [2.45, 2.75) is 0 Å². The van der Waals surface area contributed by atoms with E-state index in [-0.39, 0.29) is 11.5 Å². The third-order valence-corrected chi connectivity index (χ3v) is 2.15. The first-order valence-corrected chi connectivity index (χ1v) is 4.63. The van der Waals surface area contributed by atoms with Crippen molar-refractivity contribution >= 4 is 23.6 Å². The molecule has 5 nitrogen and oxygen atoms in total. The fourth-order valence-electron chi connectivity index (χ4n) is 1.43. The summed E-state index contributed by atoms with van der Waals surface area (Å²) >= 11 is 0. The average Bonchev–Trinajstić information content (AvgIpc) is 2.28. The molecular weight excluding hydrogens is 206 g/mol. The molecule has 3 N–H and O–H groups in total. The smallest absolute Gasteiger partial charge is 0.332 e. The van der Waals surface area contributed by atoms with Crippen molar-refractivity contribution in [3.8, 4) is 0 Å². The van der Waals surface area contributed by atoms with E-state index in [9.17, 15) is 9.59 Å². The fraction of sp³-hybridized carbons (Fsp3) is 0.